The number of piperazine rings is 1. The Balaban J connectivity index is 1.42. The van der Waals surface area contributed by atoms with Gasteiger partial charge >= 0.3 is 0 Å². The number of phenols is 1. The summed E-state index contributed by atoms with van der Waals surface area (Å²) in [6.45, 7) is 6.29. The highest BCUT2D eigenvalue weighted by atomic mass is 16.5. The van der Waals surface area contributed by atoms with Gasteiger partial charge in [-0.05, 0) is 62.2 Å². The predicted molar refractivity (Wildman–Crippen MR) is 135 cm³/mol. The van der Waals surface area contributed by atoms with Crippen LogP contribution in [0.2, 0.25) is 0 Å². The average molecular weight is 474 g/mol. The van der Waals surface area contributed by atoms with Crippen molar-refractivity contribution in [2.24, 2.45) is 0 Å². The van der Waals surface area contributed by atoms with E-state index in [1.54, 1.807) is 13.2 Å². The number of carbonyl (C=O) groups is 1. The third-order valence-corrected chi connectivity index (χ3v) is 7.48. The SMILES string of the molecule is COc1ccc2c(c1)c(/C=C1\Oc3cc(O)ccc3C1=O)c(C1CC1)n2CCN1CCN(C)CC1. The molecule has 1 saturated heterocycles. The molecule has 7 nitrogen and oxygen atoms in total. The van der Waals surface area contributed by atoms with E-state index in [0.717, 1.165) is 74.3 Å². The molecule has 0 atom stereocenters. The molecule has 2 aromatic carbocycles. The van der Waals surface area contributed by atoms with E-state index in [2.05, 4.69) is 33.5 Å². The van der Waals surface area contributed by atoms with Gasteiger partial charge in [-0.2, -0.15) is 0 Å². The summed E-state index contributed by atoms with van der Waals surface area (Å²) in [5.74, 6) is 1.92. The van der Waals surface area contributed by atoms with Crippen LogP contribution in [0.3, 0.4) is 0 Å². The summed E-state index contributed by atoms with van der Waals surface area (Å²) < 4.78 is 13.9. The lowest BCUT2D eigenvalue weighted by atomic mass is 10.0. The van der Waals surface area contributed by atoms with Gasteiger partial charge in [-0.15, -0.1) is 0 Å². The van der Waals surface area contributed by atoms with Crippen molar-refractivity contribution in [3.05, 3.63) is 59.0 Å². The monoisotopic (exact) mass is 473 g/mol. The van der Waals surface area contributed by atoms with Crippen LogP contribution in [0.1, 0.15) is 40.4 Å². The molecule has 1 saturated carbocycles. The maximum Gasteiger partial charge on any atom is 0.231 e. The number of methoxy groups -OCH3 is 1. The second kappa shape index (κ2) is 8.73. The Morgan fingerprint density at radius 2 is 1.89 bits per heavy atom. The largest absolute Gasteiger partial charge is 0.508 e. The third kappa shape index (κ3) is 4.09. The van der Waals surface area contributed by atoms with Gasteiger partial charge in [0.15, 0.2) is 5.76 Å². The van der Waals surface area contributed by atoms with Crippen LogP contribution in [0.5, 0.6) is 17.2 Å². The molecule has 6 rings (SSSR count). The molecule has 0 bridgehead atoms. The van der Waals surface area contributed by atoms with E-state index in [-0.39, 0.29) is 11.5 Å². The molecule has 0 amide bonds. The van der Waals surface area contributed by atoms with Gasteiger partial charge in [0, 0.05) is 67.5 Å². The Morgan fingerprint density at radius 3 is 2.63 bits per heavy atom. The lowest BCUT2D eigenvalue weighted by Gasteiger charge is -2.32. The molecule has 2 aliphatic heterocycles. The van der Waals surface area contributed by atoms with Crippen LogP contribution in [0.15, 0.2) is 42.2 Å². The summed E-state index contributed by atoms with van der Waals surface area (Å²) >= 11 is 0. The average Bonchev–Trinajstić information content (AvgIpc) is 3.60. The van der Waals surface area contributed by atoms with Crippen LogP contribution < -0.4 is 9.47 Å². The number of nitrogens with zero attached hydrogens (tertiary/aromatic N) is 3. The zero-order valence-corrected chi connectivity index (χ0v) is 20.3. The summed E-state index contributed by atoms with van der Waals surface area (Å²) in [5, 5.41) is 10.9. The number of aromatic hydroxyl groups is 1. The molecular weight excluding hydrogens is 442 g/mol. The molecule has 0 radical (unpaired) electrons. The highest BCUT2D eigenvalue weighted by molar-refractivity contribution is 6.15. The molecule has 3 heterocycles. The van der Waals surface area contributed by atoms with Gasteiger partial charge in [0.2, 0.25) is 5.78 Å². The van der Waals surface area contributed by atoms with Crippen LogP contribution in [-0.4, -0.2) is 72.1 Å². The summed E-state index contributed by atoms with van der Waals surface area (Å²) in [5.41, 5.74) is 3.97. The van der Waals surface area contributed by atoms with E-state index in [1.807, 2.05) is 12.1 Å². The van der Waals surface area contributed by atoms with Gasteiger partial charge in [-0.1, -0.05) is 0 Å². The first-order valence-electron chi connectivity index (χ1n) is 12.4. The van der Waals surface area contributed by atoms with E-state index in [4.69, 9.17) is 9.47 Å². The van der Waals surface area contributed by atoms with Crippen LogP contribution in [-0.2, 0) is 6.54 Å². The van der Waals surface area contributed by atoms with Crippen molar-refractivity contribution >= 4 is 22.8 Å². The van der Waals surface area contributed by atoms with E-state index in [0.29, 0.717) is 23.0 Å². The number of phenolic OH excluding ortho intramolecular Hbond substituents is 1. The minimum atomic E-state index is -0.150. The fourth-order valence-electron chi connectivity index (χ4n) is 5.32. The third-order valence-electron chi connectivity index (χ3n) is 7.48. The number of rotatable bonds is 6. The molecule has 3 aromatic rings. The highest BCUT2D eigenvalue weighted by Crippen LogP contribution is 2.47. The van der Waals surface area contributed by atoms with Gasteiger partial charge < -0.3 is 24.0 Å². The fraction of sp³-hybridized carbons (Fsp3) is 0.393. The minimum absolute atomic E-state index is 0.0849. The molecule has 182 valence electrons. The predicted octanol–water partition coefficient (Wildman–Crippen LogP) is 4.10. The van der Waals surface area contributed by atoms with Gasteiger partial charge in [-0.25, -0.2) is 0 Å². The lowest BCUT2D eigenvalue weighted by molar-refractivity contribution is 0.101. The minimum Gasteiger partial charge on any atom is -0.508 e. The molecule has 1 N–H and O–H groups in total. The molecule has 0 unspecified atom stereocenters. The van der Waals surface area contributed by atoms with Gasteiger partial charge in [0.05, 0.1) is 12.7 Å². The smallest absolute Gasteiger partial charge is 0.231 e. The Hall–Kier alpha value is -3.29. The molecule has 1 aliphatic carbocycles. The van der Waals surface area contributed by atoms with Crippen molar-refractivity contribution < 1.29 is 19.4 Å². The van der Waals surface area contributed by atoms with Crippen LogP contribution in [0.4, 0.5) is 0 Å². The second-order valence-electron chi connectivity index (χ2n) is 9.87. The van der Waals surface area contributed by atoms with Gasteiger partial charge in [0.25, 0.3) is 0 Å². The zero-order valence-electron chi connectivity index (χ0n) is 20.3. The van der Waals surface area contributed by atoms with Crippen LogP contribution >= 0.6 is 0 Å². The summed E-state index contributed by atoms with van der Waals surface area (Å²) in [6, 6.07) is 10.9. The van der Waals surface area contributed by atoms with Crippen molar-refractivity contribution in [1.82, 2.24) is 14.4 Å². The Kier molecular flexibility index (Phi) is 5.54. The number of Topliss-reactive ketones (excluding diaryl/α,β-unsaturated/α-hetero) is 1. The second-order valence-corrected chi connectivity index (χ2v) is 9.87. The first-order valence-corrected chi connectivity index (χ1v) is 12.4. The molecule has 7 heteroatoms. The Bertz CT molecular complexity index is 1330. The number of allylic oxidation sites excluding steroid dienone is 1. The number of hydrogen-bond donors (Lipinski definition) is 1. The van der Waals surface area contributed by atoms with Crippen molar-refractivity contribution in [2.75, 3.05) is 46.9 Å². The van der Waals surface area contributed by atoms with Crippen molar-refractivity contribution in [2.45, 2.75) is 25.3 Å². The van der Waals surface area contributed by atoms with E-state index in [9.17, 15) is 9.90 Å². The number of ether oxygens (including phenoxy) is 2. The number of carbonyl (C=O) groups excluding carboxylic acids is 1. The van der Waals surface area contributed by atoms with Crippen LogP contribution in [0.25, 0.3) is 17.0 Å². The summed E-state index contributed by atoms with van der Waals surface area (Å²) in [4.78, 5) is 18.0. The molecule has 2 fully saturated rings. The number of hydrogen-bond acceptors (Lipinski definition) is 6. The number of aromatic nitrogens is 1. The van der Waals surface area contributed by atoms with Crippen molar-refractivity contribution in [1.29, 1.82) is 0 Å². The molecular formula is C28H31N3O4. The molecule has 1 aromatic heterocycles. The topological polar surface area (TPSA) is 67.2 Å². The summed E-state index contributed by atoms with van der Waals surface area (Å²) in [6.07, 6.45) is 4.21. The van der Waals surface area contributed by atoms with E-state index >= 15 is 0 Å². The highest BCUT2D eigenvalue weighted by Gasteiger charge is 2.34. The van der Waals surface area contributed by atoms with Crippen molar-refractivity contribution in [3.63, 3.8) is 0 Å². The normalized spacial score (nSPS) is 19.9. The quantitative estimate of drug-likeness (QED) is 0.544. The van der Waals surface area contributed by atoms with E-state index < -0.39 is 0 Å². The Morgan fingerprint density at radius 1 is 1.09 bits per heavy atom. The fourth-order valence-corrected chi connectivity index (χ4v) is 5.32. The standard InChI is InChI=1S/C28H31N3O4/c1-29-9-11-30(12-10-29)13-14-31-24-8-6-20(34-2)16-22(24)23(27(31)18-3-4-18)17-26-28(33)21-7-5-19(32)15-25(21)35-26/h5-8,15-18,32H,3-4,9-14H2,1-2H3/b26-17-. The summed E-state index contributed by atoms with van der Waals surface area (Å²) in [7, 11) is 3.86. The first-order chi connectivity index (χ1) is 17.0. The van der Waals surface area contributed by atoms with Gasteiger partial charge in [-0.3, -0.25) is 9.69 Å². The van der Waals surface area contributed by atoms with E-state index in [1.165, 1.54) is 17.8 Å². The van der Waals surface area contributed by atoms with Gasteiger partial charge in [0.1, 0.15) is 17.2 Å². The number of ketones is 1. The molecule has 3 aliphatic rings. The Labute approximate surface area is 205 Å². The number of likely N-dealkylation sites (N-methyl/N-ethyl adjacent to an activating group) is 1. The maximum absolute atomic E-state index is 13.1. The molecule has 35 heavy (non-hydrogen) atoms. The number of benzene rings is 2. The lowest BCUT2D eigenvalue weighted by Crippen LogP contribution is -2.45. The number of fused-ring (bicyclic) bond motifs is 2. The first kappa shape index (κ1) is 22.2. The van der Waals surface area contributed by atoms with Crippen LogP contribution in [0, 0.1) is 0 Å². The van der Waals surface area contributed by atoms with Crippen molar-refractivity contribution in [3.8, 4) is 17.2 Å². The molecule has 0 spiro atoms. The zero-order chi connectivity index (χ0) is 24.1. The maximum atomic E-state index is 13.1.